The van der Waals surface area contributed by atoms with Gasteiger partial charge in [0.15, 0.2) is 5.96 Å². The molecular weight excluding hydrogens is 375 g/mol. The molecule has 1 aliphatic heterocycles. The summed E-state index contributed by atoms with van der Waals surface area (Å²) in [4.78, 5) is 7.07. The molecule has 3 aliphatic rings. The van der Waals surface area contributed by atoms with E-state index in [9.17, 15) is 0 Å². The predicted octanol–water partition coefficient (Wildman–Crippen LogP) is 2.59. The van der Waals surface area contributed by atoms with Crippen LogP contribution in [-0.2, 0) is 0 Å². The van der Waals surface area contributed by atoms with Gasteiger partial charge in [-0.15, -0.1) is 24.0 Å². The van der Waals surface area contributed by atoms with Crippen molar-refractivity contribution in [2.45, 2.75) is 63.5 Å². The molecule has 122 valence electrons. The van der Waals surface area contributed by atoms with E-state index in [1.54, 1.807) is 0 Å². The average molecular weight is 406 g/mol. The Hall–Kier alpha value is -0.0400. The Morgan fingerprint density at radius 3 is 2.52 bits per heavy atom. The van der Waals surface area contributed by atoms with Crippen LogP contribution in [0.15, 0.2) is 4.99 Å². The third-order valence-electron chi connectivity index (χ3n) is 5.11. The molecule has 2 saturated carbocycles. The molecule has 2 aliphatic carbocycles. The van der Waals surface area contributed by atoms with Crippen molar-refractivity contribution < 1.29 is 0 Å². The number of halogens is 1. The highest BCUT2D eigenvalue weighted by Gasteiger charge is 2.34. The van der Waals surface area contributed by atoms with Gasteiger partial charge in [0, 0.05) is 32.2 Å². The minimum atomic E-state index is 0. The average Bonchev–Trinajstić information content (AvgIpc) is 3.24. The predicted molar refractivity (Wildman–Crippen MR) is 99.5 cm³/mol. The zero-order valence-corrected chi connectivity index (χ0v) is 15.6. The molecule has 1 saturated heterocycles. The molecule has 2 N–H and O–H groups in total. The maximum atomic E-state index is 4.39. The molecule has 1 atom stereocenters. The molecule has 0 aromatic heterocycles. The summed E-state index contributed by atoms with van der Waals surface area (Å²) in [5, 5.41) is 7.15. The van der Waals surface area contributed by atoms with E-state index >= 15 is 0 Å². The van der Waals surface area contributed by atoms with Crippen molar-refractivity contribution in [2.75, 3.05) is 26.7 Å². The summed E-state index contributed by atoms with van der Waals surface area (Å²) in [6.07, 6.45) is 11.0. The maximum absolute atomic E-state index is 4.39. The van der Waals surface area contributed by atoms with Crippen molar-refractivity contribution in [1.82, 2.24) is 15.5 Å². The molecule has 0 aromatic carbocycles. The van der Waals surface area contributed by atoms with Gasteiger partial charge in [0.05, 0.1) is 0 Å². The first kappa shape index (κ1) is 17.3. The van der Waals surface area contributed by atoms with Crippen LogP contribution in [0.25, 0.3) is 0 Å². The number of hydrogen-bond acceptors (Lipinski definition) is 2. The smallest absolute Gasteiger partial charge is 0.191 e. The minimum Gasteiger partial charge on any atom is -0.356 e. The fourth-order valence-corrected chi connectivity index (χ4v) is 3.68. The fourth-order valence-electron chi connectivity index (χ4n) is 3.68. The topological polar surface area (TPSA) is 39.7 Å². The van der Waals surface area contributed by atoms with Crippen molar-refractivity contribution in [1.29, 1.82) is 0 Å². The van der Waals surface area contributed by atoms with Gasteiger partial charge in [0.25, 0.3) is 0 Å². The highest BCUT2D eigenvalue weighted by atomic mass is 127. The van der Waals surface area contributed by atoms with Crippen molar-refractivity contribution in [3.63, 3.8) is 0 Å². The molecule has 0 amide bonds. The molecular formula is C16H31IN4. The van der Waals surface area contributed by atoms with Crippen LogP contribution in [0.5, 0.6) is 0 Å². The summed E-state index contributed by atoms with van der Waals surface area (Å²) in [6, 6.07) is 1.57. The molecule has 4 nitrogen and oxygen atoms in total. The number of aliphatic imine (C=N–C) groups is 1. The Bertz CT molecular complexity index is 337. The molecule has 0 aromatic rings. The zero-order valence-electron chi connectivity index (χ0n) is 13.3. The number of rotatable bonds is 4. The van der Waals surface area contributed by atoms with Crippen molar-refractivity contribution in [3.05, 3.63) is 0 Å². The first-order chi connectivity index (χ1) is 9.85. The number of guanidine groups is 1. The first-order valence-electron chi connectivity index (χ1n) is 8.56. The summed E-state index contributed by atoms with van der Waals surface area (Å²) in [5.74, 6) is 1.82. The lowest BCUT2D eigenvalue weighted by molar-refractivity contribution is 0.314. The van der Waals surface area contributed by atoms with Crippen LogP contribution in [0.2, 0.25) is 0 Å². The highest BCUT2D eigenvalue weighted by Crippen LogP contribution is 2.31. The van der Waals surface area contributed by atoms with Gasteiger partial charge in [0.2, 0.25) is 0 Å². The second-order valence-electron chi connectivity index (χ2n) is 6.81. The molecule has 0 radical (unpaired) electrons. The number of nitrogens with zero attached hydrogens (tertiary/aromatic N) is 2. The summed E-state index contributed by atoms with van der Waals surface area (Å²) in [7, 11) is 1.89. The monoisotopic (exact) mass is 406 g/mol. The number of likely N-dealkylation sites (tertiary alicyclic amines) is 1. The van der Waals surface area contributed by atoms with Crippen LogP contribution in [0.1, 0.15) is 51.4 Å². The zero-order chi connectivity index (χ0) is 13.8. The van der Waals surface area contributed by atoms with E-state index in [4.69, 9.17) is 0 Å². The molecule has 0 bridgehead atoms. The molecule has 3 fully saturated rings. The van der Waals surface area contributed by atoms with Crippen molar-refractivity contribution in [2.24, 2.45) is 10.9 Å². The molecule has 1 unspecified atom stereocenters. The fraction of sp³-hybridized carbons (Fsp3) is 0.938. The second-order valence-corrected chi connectivity index (χ2v) is 6.81. The van der Waals surface area contributed by atoms with Gasteiger partial charge < -0.3 is 15.5 Å². The normalized spacial score (nSPS) is 28.2. The largest absolute Gasteiger partial charge is 0.356 e. The third-order valence-corrected chi connectivity index (χ3v) is 5.11. The molecule has 21 heavy (non-hydrogen) atoms. The van der Waals surface area contributed by atoms with E-state index in [2.05, 4.69) is 20.5 Å². The molecule has 3 rings (SSSR count). The quantitative estimate of drug-likeness (QED) is 0.428. The van der Waals surface area contributed by atoms with Gasteiger partial charge in [0.1, 0.15) is 0 Å². The van der Waals surface area contributed by atoms with Gasteiger partial charge in [-0.1, -0.05) is 19.3 Å². The molecule has 1 heterocycles. The van der Waals surface area contributed by atoms with Crippen LogP contribution in [0, 0.1) is 5.92 Å². The highest BCUT2D eigenvalue weighted by molar-refractivity contribution is 14.0. The summed E-state index contributed by atoms with van der Waals surface area (Å²) >= 11 is 0. The first-order valence-corrected chi connectivity index (χ1v) is 8.56. The summed E-state index contributed by atoms with van der Waals surface area (Å²) in [5.41, 5.74) is 0. The Morgan fingerprint density at radius 2 is 1.86 bits per heavy atom. The Morgan fingerprint density at radius 1 is 1.10 bits per heavy atom. The van der Waals surface area contributed by atoms with Gasteiger partial charge in [-0.2, -0.15) is 0 Å². The number of nitrogens with one attached hydrogen (secondary N) is 2. The van der Waals surface area contributed by atoms with Gasteiger partial charge in [-0.3, -0.25) is 4.99 Å². The Kier molecular flexibility index (Phi) is 7.05. The summed E-state index contributed by atoms with van der Waals surface area (Å²) in [6.45, 7) is 3.68. The Labute approximate surface area is 146 Å². The lowest BCUT2D eigenvalue weighted by Gasteiger charge is -2.25. The van der Waals surface area contributed by atoms with Crippen LogP contribution in [0.3, 0.4) is 0 Å². The van der Waals surface area contributed by atoms with Crippen LogP contribution < -0.4 is 10.6 Å². The Balaban J connectivity index is 0.00000161. The van der Waals surface area contributed by atoms with Crippen LogP contribution in [0.4, 0.5) is 0 Å². The maximum Gasteiger partial charge on any atom is 0.191 e. The molecule has 0 spiro atoms. The van der Waals surface area contributed by atoms with E-state index in [-0.39, 0.29) is 24.0 Å². The lowest BCUT2D eigenvalue weighted by Crippen LogP contribution is -2.45. The molecule has 5 heteroatoms. The van der Waals surface area contributed by atoms with E-state index in [0.29, 0.717) is 6.04 Å². The van der Waals surface area contributed by atoms with Crippen molar-refractivity contribution in [3.8, 4) is 0 Å². The summed E-state index contributed by atoms with van der Waals surface area (Å²) < 4.78 is 0. The third kappa shape index (κ3) is 5.27. The number of hydrogen-bond donors (Lipinski definition) is 2. The SMILES string of the molecule is CN=C(NCC1CCN(C2CC2)C1)NC1CCCCC1.I. The van der Waals surface area contributed by atoms with Gasteiger partial charge >= 0.3 is 0 Å². The van der Waals surface area contributed by atoms with E-state index in [1.165, 1.54) is 64.5 Å². The van der Waals surface area contributed by atoms with E-state index < -0.39 is 0 Å². The minimum absolute atomic E-state index is 0. The van der Waals surface area contributed by atoms with E-state index in [0.717, 1.165) is 24.5 Å². The second kappa shape index (κ2) is 8.56. The van der Waals surface area contributed by atoms with E-state index in [1.807, 2.05) is 7.05 Å². The van der Waals surface area contributed by atoms with Crippen molar-refractivity contribution >= 4 is 29.9 Å². The lowest BCUT2D eigenvalue weighted by atomic mass is 9.96. The van der Waals surface area contributed by atoms with Gasteiger partial charge in [-0.05, 0) is 44.6 Å². The standard InChI is InChI=1S/C16H30N4.HI/c1-17-16(19-14-5-3-2-4-6-14)18-11-13-9-10-20(12-13)15-7-8-15;/h13-15H,2-12H2,1H3,(H2,17,18,19);1H. The van der Waals surface area contributed by atoms with Gasteiger partial charge in [-0.25, -0.2) is 0 Å². The van der Waals surface area contributed by atoms with Crippen LogP contribution >= 0.6 is 24.0 Å². The van der Waals surface area contributed by atoms with Crippen LogP contribution in [-0.4, -0.2) is 49.6 Å².